The van der Waals surface area contributed by atoms with Crippen LogP contribution in [0.25, 0.3) is 0 Å². The van der Waals surface area contributed by atoms with Crippen molar-refractivity contribution in [3.8, 4) is 0 Å². The molecule has 1 saturated carbocycles. The van der Waals surface area contributed by atoms with Gasteiger partial charge in [0.05, 0.1) is 0 Å². The summed E-state index contributed by atoms with van der Waals surface area (Å²) < 4.78 is 0. The van der Waals surface area contributed by atoms with Gasteiger partial charge in [-0.25, -0.2) is 5.84 Å². The van der Waals surface area contributed by atoms with Crippen molar-refractivity contribution in [1.82, 2.24) is 15.1 Å². The molecule has 0 saturated heterocycles. The van der Waals surface area contributed by atoms with Gasteiger partial charge in [-0.1, -0.05) is 6.92 Å². The topological polar surface area (TPSA) is 84.1 Å². The molecule has 6 heteroatoms. The van der Waals surface area contributed by atoms with E-state index in [0.717, 1.165) is 19.5 Å². The molecule has 0 atom stereocenters. The van der Waals surface area contributed by atoms with Crippen molar-refractivity contribution in [2.75, 3.05) is 18.5 Å². The van der Waals surface area contributed by atoms with Crippen molar-refractivity contribution < 1.29 is 4.79 Å². The molecule has 1 fully saturated rings. The molecular weight excluding hydrogens is 230 g/mol. The van der Waals surface area contributed by atoms with E-state index in [1.807, 2.05) is 4.90 Å². The molecule has 3 N–H and O–H groups in total. The molecule has 1 heterocycles. The van der Waals surface area contributed by atoms with E-state index in [4.69, 9.17) is 5.84 Å². The molecule has 6 nitrogen and oxygen atoms in total. The second-order valence-corrected chi connectivity index (χ2v) is 4.64. The zero-order chi connectivity index (χ0) is 13.0. The number of amides is 1. The highest BCUT2D eigenvalue weighted by atomic mass is 16.2. The van der Waals surface area contributed by atoms with Crippen molar-refractivity contribution in [2.45, 2.75) is 26.2 Å². The minimum Gasteiger partial charge on any atom is -0.337 e. The summed E-state index contributed by atoms with van der Waals surface area (Å²) in [6.07, 6.45) is 3.42. The lowest BCUT2D eigenvalue weighted by Gasteiger charge is -2.21. The van der Waals surface area contributed by atoms with Gasteiger partial charge >= 0.3 is 0 Å². The second-order valence-electron chi connectivity index (χ2n) is 4.64. The Balaban J connectivity index is 2.05. The van der Waals surface area contributed by atoms with Crippen LogP contribution in [0.5, 0.6) is 0 Å². The van der Waals surface area contributed by atoms with Crippen molar-refractivity contribution in [1.29, 1.82) is 0 Å². The highest BCUT2D eigenvalue weighted by Gasteiger charge is 2.27. The summed E-state index contributed by atoms with van der Waals surface area (Å²) in [7, 11) is 0. The lowest BCUT2D eigenvalue weighted by molar-refractivity contribution is 0.0740. The minimum atomic E-state index is -0.0418. The van der Waals surface area contributed by atoms with Crippen molar-refractivity contribution in [3.05, 3.63) is 17.8 Å². The molecule has 1 aliphatic rings. The molecule has 0 aromatic carbocycles. The third-order valence-electron chi connectivity index (χ3n) is 2.99. The van der Waals surface area contributed by atoms with Crippen LogP contribution in [0, 0.1) is 5.92 Å². The number of carbonyl (C=O) groups excluding carboxylic acids is 1. The summed E-state index contributed by atoms with van der Waals surface area (Å²) >= 11 is 0. The minimum absolute atomic E-state index is 0.0418. The molecule has 0 unspecified atom stereocenters. The molecule has 0 aliphatic heterocycles. The summed E-state index contributed by atoms with van der Waals surface area (Å²) in [5.74, 6) is 6.30. The van der Waals surface area contributed by atoms with Gasteiger partial charge in [-0.3, -0.25) is 4.79 Å². The summed E-state index contributed by atoms with van der Waals surface area (Å²) in [5, 5.41) is 7.72. The number of hydrogen-bond acceptors (Lipinski definition) is 5. The van der Waals surface area contributed by atoms with Crippen molar-refractivity contribution in [3.63, 3.8) is 0 Å². The van der Waals surface area contributed by atoms with Crippen LogP contribution >= 0.6 is 0 Å². The Morgan fingerprint density at radius 2 is 2.28 bits per heavy atom. The molecule has 1 aromatic rings. The maximum absolute atomic E-state index is 12.3. The van der Waals surface area contributed by atoms with Crippen LogP contribution in [-0.2, 0) is 0 Å². The first kappa shape index (κ1) is 12.8. The van der Waals surface area contributed by atoms with Crippen LogP contribution in [0.1, 0.15) is 36.7 Å². The summed E-state index contributed by atoms with van der Waals surface area (Å²) in [6, 6.07) is 3.31. The lowest BCUT2D eigenvalue weighted by Crippen LogP contribution is -2.34. The monoisotopic (exact) mass is 249 g/mol. The van der Waals surface area contributed by atoms with Crippen molar-refractivity contribution >= 4 is 11.7 Å². The van der Waals surface area contributed by atoms with Gasteiger partial charge in [0.25, 0.3) is 5.91 Å². The first-order valence-electron chi connectivity index (χ1n) is 6.34. The van der Waals surface area contributed by atoms with E-state index < -0.39 is 0 Å². The first-order valence-corrected chi connectivity index (χ1v) is 6.34. The van der Waals surface area contributed by atoms with E-state index in [2.05, 4.69) is 22.5 Å². The largest absolute Gasteiger partial charge is 0.337 e. The Labute approximate surface area is 107 Å². The number of hydrogen-bond donors (Lipinski definition) is 2. The van der Waals surface area contributed by atoms with Gasteiger partial charge in [0.2, 0.25) is 0 Å². The second kappa shape index (κ2) is 5.77. The van der Waals surface area contributed by atoms with E-state index >= 15 is 0 Å². The number of nitrogens with zero attached hydrogens (tertiary/aromatic N) is 3. The molecule has 1 amide bonds. The Morgan fingerprint density at radius 1 is 1.50 bits per heavy atom. The van der Waals surface area contributed by atoms with Gasteiger partial charge in [0.15, 0.2) is 11.5 Å². The number of anilines is 1. The summed E-state index contributed by atoms with van der Waals surface area (Å²) in [4.78, 5) is 14.1. The maximum Gasteiger partial charge on any atom is 0.274 e. The van der Waals surface area contributed by atoms with Gasteiger partial charge in [0, 0.05) is 13.1 Å². The fourth-order valence-corrected chi connectivity index (χ4v) is 1.84. The standard InChI is InChI=1S/C12H19N5O/c1-2-7-17(8-9-3-4-9)12(18)10-5-6-11(14-13)16-15-10/h5-6,9H,2-4,7-8,13H2,1H3,(H,14,16). The average molecular weight is 249 g/mol. The third-order valence-corrected chi connectivity index (χ3v) is 2.99. The molecule has 0 radical (unpaired) electrons. The highest BCUT2D eigenvalue weighted by Crippen LogP contribution is 2.30. The van der Waals surface area contributed by atoms with E-state index in [1.165, 1.54) is 12.8 Å². The number of nitrogens with one attached hydrogen (secondary N) is 1. The molecule has 1 aromatic heterocycles. The maximum atomic E-state index is 12.3. The fraction of sp³-hybridized carbons (Fsp3) is 0.583. The Bertz CT molecular complexity index is 401. The van der Waals surface area contributed by atoms with Crippen LogP contribution in [0.15, 0.2) is 12.1 Å². The third kappa shape index (κ3) is 3.16. The normalized spacial score (nSPS) is 14.3. The molecule has 98 valence electrons. The molecule has 0 bridgehead atoms. The number of aromatic nitrogens is 2. The van der Waals surface area contributed by atoms with E-state index in [9.17, 15) is 4.79 Å². The van der Waals surface area contributed by atoms with Gasteiger partial charge in [-0.15, -0.1) is 10.2 Å². The fourth-order valence-electron chi connectivity index (χ4n) is 1.84. The van der Waals surface area contributed by atoms with Crippen LogP contribution in [0.2, 0.25) is 0 Å². The lowest BCUT2D eigenvalue weighted by atomic mass is 10.2. The van der Waals surface area contributed by atoms with Gasteiger partial charge < -0.3 is 10.3 Å². The van der Waals surface area contributed by atoms with Crippen LogP contribution in [0.3, 0.4) is 0 Å². The number of nitrogens with two attached hydrogens (primary N) is 1. The summed E-state index contributed by atoms with van der Waals surface area (Å²) in [5.41, 5.74) is 2.77. The number of carbonyl (C=O) groups is 1. The van der Waals surface area contributed by atoms with Gasteiger partial charge in [-0.05, 0) is 37.3 Å². The number of nitrogen functional groups attached to an aromatic ring is 1. The van der Waals surface area contributed by atoms with E-state index in [1.54, 1.807) is 12.1 Å². The molecule has 18 heavy (non-hydrogen) atoms. The number of hydrazine groups is 1. The molecule has 2 rings (SSSR count). The smallest absolute Gasteiger partial charge is 0.274 e. The Morgan fingerprint density at radius 3 is 2.78 bits per heavy atom. The van der Waals surface area contributed by atoms with Crippen LogP contribution in [-0.4, -0.2) is 34.1 Å². The van der Waals surface area contributed by atoms with Crippen LogP contribution < -0.4 is 11.3 Å². The summed E-state index contributed by atoms with van der Waals surface area (Å²) in [6.45, 7) is 3.68. The van der Waals surface area contributed by atoms with Crippen LogP contribution in [0.4, 0.5) is 5.82 Å². The zero-order valence-electron chi connectivity index (χ0n) is 10.6. The van der Waals surface area contributed by atoms with E-state index in [0.29, 0.717) is 17.4 Å². The van der Waals surface area contributed by atoms with Gasteiger partial charge in [-0.2, -0.15) is 0 Å². The predicted octanol–water partition coefficient (Wildman–Crippen LogP) is 1.02. The van der Waals surface area contributed by atoms with Crippen molar-refractivity contribution in [2.24, 2.45) is 11.8 Å². The number of rotatable bonds is 6. The van der Waals surface area contributed by atoms with E-state index in [-0.39, 0.29) is 5.91 Å². The SMILES string of the molecule is CCCN(CC1CC1)C(=O)c1ccc(NN)nn1. The molecular formula is C12H19N5O. The zero-order valence-corrected chi connectivity index (χ0v) is 10.6. The predicted molar refractivity (Wildman–Crippen MR) is 68.8 cm³/mol. The molecule has 0 spiro atoms. The quantitative estimate of drug-likeness (QED) is 0.581. The Kier molecular flexibility index (Phi) is 4.09. The highest BCUT2D eigenvalue weighted by molar-refractivity contribution is 5.92. The first-order chi connectivity index (χ1) is 8.74. The van der Waals surface area contributed by atoms with Gasteiger partial charge in [0.1, 0.15) is 0 Å². The Hall–Kier alpha value is -1.69. The average Bonchev–Trinajstić information content (AvgIpc) is 3.21. The molecule has 1 aliphatic carbocycles.